The zero-order valence-corrected chi connectivity index (χ0v) is 20.8. The molecule has 1 saturated heterocycles. The third kappa shape index (κ3) is 5.70. The van der Waals surface area contributed by atoms with Gasteiger partial charge in [0.25, 0.3) is 0 Å². The smallest absolute Gasteiger partial charge is 0.310 e. The summed E-state index contributed by atoms with van der Waals surface area (Å²) in [6, 6.07) is 10.5. The number of aryl methyl sites for hydroxylation is 1. The summed E-state index contributed by atoms with van der Waals surface area (Å²) in [5, 5.41) is 11.8. The summed E-state index contributed by atoms with van der Waals surface area (Å²) in [5.41, 5.74) is 0.979. The minimum atomic E-state index is -0.883. The van der Waals surface area contributed by atoms with E-state index in [1.54, 1.807) is 43.5 Å². The number of hydrogen-bond acceptors (Lipinski definition) is 4. The lowest BCUT2D eigenvalue weighted by molar-refractivity contribution is -0.148. The molecular formula is C27H25Cl2FN2O3. The van der Waals surface area contributed by atoms with Gasteiger partial charge >= 0.3 is 5.97 Å². The fourth-order valence-electron chi connectivity index (χ4n) is 4.61. The average molecular weight is 515 g/mol. The van der Waals surface area contributed by atoms with E-state index in [2.05, 4.69) is 16.8 Å². The second-order valence-corrected chi connectivity index (χ2v) is 9.64. The normalized spacial score (nSPS) is 17.8. The van der Waals surface area contributed by atoms with Crippen LogP contribution in [0.15, 0.2) is 42.6 Å². The fraction of sp³-hybridized carbons (Fsp3) is 0.333. The van der Waals surface area contributed by atoms with Gasteiger partial charge in [0.05, 0.1) is 35.8 Å². The largest absolute Gasteiger partial charge is 0.497 e. The Morgan fingerprint density at radius 1 is 1.29 bits per heavy atom. The third-order valence-corrected chi connectivity index (χ3v) is 7.12. The molecule has 0 bridgehead atoms. The molecule has 1 aliphatic heterocycles. The number of likely N-dealkylation sites (tertiary alicyclic amines) is 1. The molecule has 0 aliphatic carbocycles. The number of aliphatic carboxylic acids is 1. The fourth-order valence-corrected chi connectivity index (χ4v) is 4.94. The molecule has 1 unspecified atom stereocenters. The molecule has 35 heavy (non-hydrogen) atoms. The number of aromatic nitrogens is 1. The Morgan fingerprint density at radius 3 is 2.89 bits per heavy atom. The molecule has 3 aromatic rings. The van der Waals surface area contributed by atoms with Gasteiger partial charge in [-0.15, -0.1) is 0 Å². The van der Waals surface area contributed by atoms with Crippen molar-refractivity contribution in [3.8, 4) is 17.6 Å². The van der Waals surface area contributed by atoms with Crippen LogP contribution >= 0.6 is 23.2 Å². The van der Waals surface area contributed by atoms with Crippen LogP contribution in [-0.2, 0) is 11.2 Å². The Bertz CT molecular complexity index is 1320. The number of nitrogens with zero attached hydrogens (tertiary/aromatic N) is 2. The van der Waals surface area contributed by atoms with Crippen LogP contribution in [0, 0.1) is 23.1 Å². The number of carbonyl (C=O) groups is 1. The predicted molar refractivity (Wildman–Crippen MR) is 136 cm³/mol. The Balaban J connectivity index is 1.42. The predicted octanol–water partition coefficient (Wildman–Crippen LogP) is 5.84. The number of halogens is 3. The maximum atomic E-state index is 14.6. The molecular weight excluding hydrogens is 490 g/mol. The number of carboxylic acid groups (broad SMARTS) is 1. The topological polar surface area (TPSA) is 62.7 Å². The van der Waals surface area contributed by atoms with E-state index < -0.39 is 17.2 Å². The summed E-state index contributed by atoms with van der Waals surface area (Å²) < 4.78 is 19.9. The molecule has 8 heteroatoms. The third-order valence-electron chi connectivity index (χ3n) is 6.56. The van der Waals surface area contributed by atoms with Gasteiger partial charge in [-0.05, 0) is 67.6 Å². The number of benzene rings is 2. The van der Waals surface area contributed by atoms with Gasteiger partial charge in [-0.25, -0.2) is 4.39 Å². The maximum absolute atomic E-state index is 14.6. The van der Waals surface area contributed by atoms with Crippen LogP contribution in [0.2, 0.25) is 10.0 Å². The SMILES string of the molecule is COc1ccc2ncc(F)c(CCCC3(C(=O)O)CCN(CC#Cc4cc(Cl)ccc4Cl)C3)c2c1. The van der Waals surface area contributed by atoms with E-state index in [9.17, 15) is 14.3 Å². The van der Waals surface area contributed by atoms with Gasteiger partial charge in [0.2, 0.25) is 0 Å². The number of fused-ring (bicyclic) bond motifs is 1. The van der Waals surface area contributed by atoms with E-state index in [1.807, 2.05) is 4.90 Å². The summed E-state index contributed by atoms with van der Waals surface area (Å²) >= 11 is 12.2. The molecule has 1 aromatic heterocycles. The van der Waals surface area contributed by atoms with E-state index in [0.29, 0.717) is 83.1 Å². The monoisotopic (exact) mass is 514 g/mol. The van der Waals surface area contributed by atoms with Gasteiger partial charge in [-0.2, -0.15) is 0 Å². The second kappa shape index (κ2) is 10.8. The van der Waals surface area contributed by atoms with Gasteiger partial charge in [-0.3, -0.25) is 14.7 Å². The Kier molecular flexibility index (Phi) is 7.81. The molecule has 0 spiro atoms. The highest BCUT2D eigenvalue weighted by molar-refractivity contribution is 6.33. The number of hydrogen-bond donors (Lipinski definition) is 1. The van der Waals surface area contributed by atoms with Crippen molar-refractivity contribution in [1.82, 2.24) is 9.88 Å². The molecule has 0 amide bonds. The number of rotatable bonds is 7. The molecule has 182 valence electrons. The maximum Gasteiger partial charge on any atom is 0.310 e. The number of carboxylic acids is 1. The molecule has 5 nitrogen and oxygen atoms in total. The summed E-state index contributed by atoms with van der Waals surface area (Å²) in [6.07, 6.45) is 3.14. The first-order valence-corrected chi connectivity index (χ1v) is 12.1. The van der Waals surface area contributed by atoms with Crippen LogP contribution in [-0.4, -0.2) is 47.7 Å². The Labute approximate surface area is 213 Å². The van der Waals surface area contributed by atoms with E-state index in [-0.39, 0.29) is 0 Å². The minimum absolute atomic E-state index is 0.391. The van der Waals surface area contributed by atoms with E-state index in [1.165, 1.54) is 6.20 Å². The zero-order chi connectivity index (χ0) is 25.0. The van der Waals surface area contributed by atoms with Crippen molar-refractivity contribution in [2.75, 3.05) is 26.7 Å². The van der Waals surface area contributed by atoms with E-state index in [4.69, 9.17) is 27.9 Å². The zero-order valence-electron chi connectivity index (χ0n) is 19.3. The number of ether oxygens (including phenoxy) is 1. The molecule has 1 fully saturated rings. The van der Waals surface area contributed by atoms with Crippen molar-refractivity contribution >= 4 is 40.1 Å². The Hall–Kier alpha value is -2.85. The minimum Gasteiger partial charge on any atom is -0.497 e. The molecule has 4 rings (SSSR count). The first-order chi connectivity index (χ1) is 16.8. The average Bonchev–Trinajstić information content (AvgIpc) is 3.27. The molecule has 0 saturated carbocycles. The van der Waals surface area contributed by atoms with Crippen molar-refractivity contribution in [2.24, 2.45) is 5.41 Å². The van der Waals surface area contributed by atoms with E-state index >= 15 is 0 Å². The van der Waals surface area contributed by atoms with Crippen molar-refractivity contribution in [3.05, 3.63) is 69.6 Å². The van der Waals surface area contributed by atoms with Gasteiger partial charge in [0.15, 0.2) is 0 Å². The lowest BCUT2D eigenvalue weighted by atomic mass is 9.81. The van der Waals surface area contributed by atoms with Crippen LogP contribution in [0.1, 0.15) is 30.4 Å². The van der Waals surface area contributed by atoms with Crippen molar-refractivity contribution in [3.63, 3.8) is 0 Å². The summed E-state index contributed by atoms with van der Waals surface area (Å²) in [4.78, 5) is 18.4. The molecule has 2 heterocycles. The van der Waals surface area contributed by atoms with Crippen molar-refractivity contribution < 1.29 is 19.0 Å². The first-order valence-electron chi connectivity index (χ1n) is 11.3. The van der Waals surface area contributed by atoms with Crippen LogP contribution in [0.5, 0.6) is 5.75 Å². The molecule has 1 atom stereocenters. The van der Waals surface area contributed by atoms with Gasteiger partial charge in [-0.1, -0.05) is 35.0 Å². The lowest BCUT2D eigenvalue weighted by Crippen LogP contribution is -2.35. The highest BCUT2D eigenvalue weighted by Crippen LogP contribution is 2.36. The van der Waals surface area contributed by atoms with Crippen LogP contribution in [0.25, 0.3) is 10.9 Å². The summed E-state index contributed by atoms with van der Waals surface area (Å²) in [6.45, 7) is 1.46. The molecule has 1 aliphatic rings. The summed E-state index contributed by atoms with van der Waals surface area (Å²) in [7, 11) is 1.56. The number of pyridine rings is 1. The van der Waals surface area contributed by atoms with Crippen LogP contribution < -0.4 is 4.74 Å². The van der Waals surface area contributed by atoms with Gasteiger partial charge in [0.1, 0.15) is 11.6 Å². The van der Waals surface area contributed by atoms with Gasteiger partial charge in [0, 0.05) is 29.1 Å². The highest BCUT2D eigenvalue weighted by Gasteiger charge is 2.44. The first kappa shape index (κ1) is 25.2. The molecule has 1 N–H and O–H groups in total. The molecule has 2 aromatic carbocycles. The van der Waals surface area contributed by atoms with Crippen LogP contribution in [0.4, 0.5) is 4.39 Å². The molecule has 0 radical (unpaired) electrons. The lowest BCUT2D eigenvalue weighted by Gasteiger charge is -2.24. The van der Waals surface area contributed by atoms with Crippen molar-refractivity contribution in [1.29, 1.82) is 0 Å². The number of methoxy groups -OCH3 is 1. The standard InChI is InChI=1S/C27H25Cl2FN2O3/c1-35-20-7-9-25-22(15-20)21(24(30)16-31-25)5-2-10-27(26(33)34)11-13-32(17-27)12-3-4-18-14-19(28)6-8-23(18)29/h6-9,14-16H,2,5,10-13,17H2,1H3,(H,33,34). The quantitative estimate of drug-likeness (QED) is 0.401. The van der Waals surface area contributed by atoms with E-state index in [0.717, 1.165) is 0 Å². The Morgan fingerprint density at radius 2 is 2.11 bits per heavy atom. The van der Waals surface area contributed by atoms with Crippen molar-refractivity contribution in [2.45, 2.75) is 25.7 Å². The summed E-state index contributed by atoms with van der Waals surface area (Å²) in [5.74, 6) is 5.51. The highest BCUT2D eigenvalue weighted by atomic mass is 35.5. The van der Waals surface area contributed by atoms with Gasteiger partial charge < -0.3 is 9.84 Å². The second-order valence-electron chi connectivity index (χ2n) is 8.79. The van der Waals surface area contributed by atoms with Crippen LogP contribution in [0.3, 0.4) is 0 Å².